The topological polar surface area (TPSA) is 114 Å². The SMILES string of the molecule is Cc1cc(N2C(=O)CCS2(=O)=O)cc(C)c1S(=O)(=O)NCc1ccncc1. The molecule has 1 saturated heterocycles. The average molecular weight is 409 g/mol. The molecular weight excluding hydrogens is 390 g/mol. The first-order chi connectivity index (χ1) is 12.6. The van der Waals surface area contributed by atoms with E-state index in [0.29, 0.717) is 11.1 Å². The molecule has 1 fully saturated rings. The van der Waals surface area contributed by atoms with Gasteiger partial charge in [0.1, 0.15) is 0 Å². The number of anilines is 1. The second-order valence-corrected chi connectivity index (χ2v) is 9.95. The molecule has 10 heteroatoms. The quantitative estimate of drug-likeness (QED) is 0.795. The van der Waals surface area contributed by atoms with Gasteiger partial charge < -0.3 is 0 Å². The van der Waals surface area contributed by atoms with Crippen LogP contribution >= 0.6 is 0 Å². The molecule has 2 aromatic rings. The van der Waals surface area contributed by atoms with Crippen molar-refractivity contribution in [2.24, 2.45) is 0 Å². The molecule has 1 N–H and O–H groups in total. The molecular formula is C17H19N3O5S2. The average Bonchev–Trinajstić information content (AvgIpc) is 2.86. The Hall–Kier alpha value is -2.30. The van der Waals surface area contributed by atoms with Crippen LogP contribution in [0, 0.1) is 13.8 Å². The van der Waals surface area contributed by atoms with E-state index in [4.69, 9.17) is 0 Å². The Morgan fingerprint density at radius 2 is 1.74 bits per heavy atom. The number of carbonyl (C=O) groups is 1. The third-order valence-electron chi connectivity index (χ3n) is 4.24. The van der Waals surface area contributed by atoms with Crippen LogP contribution < -0.4 is 9.03 Å². The van der Waals surface area contributed by atoms with E-state index >= 15 is 0 Å². The van der Waals surface area contributed by atoms with Crippen molar-refractivity contribution in [2.45, 2.75) is 31.7 Å². The highest BCUT2D eigenvalue weighted by atomic mass is 32.2. The summed E-state index contributed by atoms with van der Waals surface area (Å²) in [5, 5.41) is 0. The summed E-state index contributed by atoms with van der Waals surface area (Å²) in [5.41, 5.74) is 1.65. The van der Waals surface area contributed by atoms with Gasteiger partial charge in [-0.3, -0.25) is 9.78 Å². The molecule has 0 aliphatic carbocycles. The smallest absolute Gasteiger partial charge is 0.242 e. The Labute approximate surface area is 158 Å². The molecule has 1 aromatic heterocycles. The number of benzene rings is 1. The summed E-state index contributed by atoms with van der Waals surface area (Å²) in [4.78, 5) is 15.9. The Bertz CT molecular complexity index is 1070. The molecule has 0 radical (unpaired) electrons. The normalized spacial score (nSPS) is 16.7. The van der Waals surface area contributed by atoms with Crippen LogP contribution in [0.15, 0.2) is 41.6 Å². The van der Waals surface area contributed by atoms with Gasteiger partial charge in [-0.2, -0.15) is 0 Å². The lowest BCUT2D eigenvalue weighted by atomic mass is 10.1. The van der Waals surface area contributed by atoms with Crippen LogP contribution in [0.3, 0.4) is 0 Å². The van der Waals surface area contributed by atoms with Crippen molar-refractivity contribution in [3.63, 3.8) is 0 Å². The number of hydrogen-bond acceptors (Lipinski definition) is 6. The van der Waals surface area contributed by atoms with Gasteiger partial charge in [-0.1, -0.05) is 0 Å². The molecule has 0 saturated carbocycles. The highest BCUT2D eigenvalue weighted by Crippen LogP contribution is 2.31. The molecule has 27 heavy (non-hydrogen) atoms. The van der Waals surface area contributed by atoms with Crippen molar-refractivity contribution < 1.29 is 21.6 Å². The lowest BCUT2D eigenvalue weighted by Crippen LogP contribution is -2.30. The Balaban J connectivity index is 1.94. The van der Waals surface area contributed by atoms with Gasteiger partial charge in [0.05, 0.1) is 16.3 Å². The fourth-order valence-corrected chi connectivity index (χ4v) is 6.00. The predicted octanol–water partition coefficient (Wildman–Crippen LogP) is 1.24. The summed E-state index contributed by atoms with van der Waals surface area (Å²) in [6.07, 6.45) is 3.07. The Morgan fingerprint density at radius 1 is 1.15 bits per heavy atom. The number of amides is 1. The molecule has 0 bridgehead atoms. The predicted molar refractivity (Wildman–Crippen MR) is 100 cm³/mol. The summed E-state index contributed by atoms with van der Waals surface area (Å²) in [6.45, 7) is 3.25. The van der Waals surface area contributed by atoms with E-state index in [1.807, 2.05) is 0 Å². The maximum absolute atomic E-state index is 12.7. The first-order valence-corrected chi connectivity index (χ1v) is 11.3. The number of sulfonamides is 2. The second-order valence-electron chi connectivity index (χ2n) is 6.31. The molecule has 8 nitrogen and oxygen atoms in total. The maximum atomic E-state index is 12.7. The van der Waals surface area contributed by atoms with Crippen molar-refractivity contribution >= 4 is 31.6 Å². The number of pyridine rings is 1. The van der Waals surface area contributed by atoms with Gasteiger partial charge in [0.2, 0.25) is 26.0 Å². The van der Waals surface area contributed by atoms with Crippen molar-refractivity contribution in [1.82, 2.24) is 9.71 Å². The number of rotatable bonds is 5. The van der Waals surface area contributed by atoms with Gasteiger partial charge in [-0.25, -0.2) is 25.9 Å². The van der Waals surface area contributed by atoms with Crippen molar-refractivity contribution in [1.29, 1.82) is 0 Å². The minimum atomic E-state index is -3.83. The number of nitrogens with one attached hydrogen (secondary N) is 1. The van der Waals surface area contributed by atoms with Crippen LogP contribution in [0.4, 0.5) is 5.69 Å². The van der Waals surface area contributed by atoms with Crippen LogP contribution in [-0.4, -0.2) is 33.5 Å². The Morgan fingerprint density at radius 3 is 2.26 bits per heavy atom. The zero-order chi connectivity index (χ0) is 19.8. The van der Waals surface area contributed by atoms with Crippen molar-refractivity contribution in [2.75, 3.05) is 10.1 Å². The lowest BCUT2D eigenvalue weighted by Gasteiger charge is -2.19. The van der Waals surface area contributed by atoms with Gasteiger partial charge in [-0.15, -0.1) is 0 Å². The fourth-order valence-electron chi connectivity index (χ4n) is 3.09. The van der Waals surface area contributed by atoms with Gasteiger partial charge in [0.15, 0.2) is 0 Å². The fraction of sp³-hybridized carbons (Fsp3) is 0.294. The van der Waals surface area contributed by atoms with E-state index in [0.717, 1.165) is 9.87 Å². The third kappa shape index (κ3) is 3.87. The number of hydrogen-bond donors (Lipinski definition) is 1. The molecule has 0 atom stereocenters. The molecule has 0 spiro atoms. The van der Waals surface area contributed by atoms with Crippen LogP contribution in [0.25, 0.3) is 0 Å². The summed E-state index contributed by atoms with van der Waals surface area (Å²) >= 11 is 0. The molecule has 1 amide bonds. The molecule has 1 aliphatic heterocycles. The number of aryl methyl sites for hydroxylation is 2. The summed E-state index contributed by atoms with van der Waals surface area (Å²) in [6, 6.07) is 6.23. The summed E-state index contributed by atoms with van der Waals surface area (Å²) < 4.78 is 53.0. The minimum Gasteiger partial charge on any atom is -0.273 e. The monoisotopic (exact) mass is 409 g/mol. The summed E-state index contributed by atoms with van der Waals surface area (Å²) in [7, 11) is -7.53. The van der Waals surface area contributed by atoms with Crippen LogP contribution in [-0.2, 0) is 31.4 Å². The maximum Gasteiger partial charge on any atom is 0.242 e. The molecule has 144 valence electrons. The first kappa shape index (κ1) is 19.5. The number of nitrogens with zero attached hydrogens (tertiary/aromatic N) is 2. The lowest BCUT2D eigenvalue weighted by molar-refractivity contribution is -0.116. The van der Waals surface area contributed by atoms with E-state index < -0.39 is 26.0 Å². The van der Waals surface area contributed by atoms with E-state index in [9.17, 15) is 21.6 Å². The molecule has 3 rings (SSSR count). The van der Waals surface area contributed by atoms with Crippen LogP contribution in [0.2, 0.25) is 0 Å². The van der Waals surface area contributed by atoms with Crippen molar-refractivity contribution in [3.8, 4) is 0 Å². The number of carbonyl (C=O) groups excluding carboxylic acids is 1. The standard InChI is InChI=1S/C17H19N3O5S2/c1-12-9-15(20-16(21)5-8-26(20,22)23)10-13(2)17(12)27(24,25)19-11-14-3-6-18-7-4-14/h3-4,6-7,9-10,19H,5,8,11H2,1-2H3. The van der Waals surface area contributed by atoms with E-state index in [-0.39, 0.29) is 29.3 Å². The number of aromatic nitrogens is 1. The largest absolute Gasteiger partial charge is 0.273 e. The molecule has 1 aromatic carbocycles. The Kier molecular flexibility index (Phi) is 5.06. The second kappa shape index (κ2) is 7.02. The van der Waals surface area contributed by atoms with E-state index in [1.54, 1.807) is 38.4 Å². The van der Waals surface area contributed by atoms with Gasteiger partial charge in [0, 0.05) is 25.4 Å². The van der Waals surface area contributed by atoms with Gasteiger partial charge in [0.25, 0.3) is 0 Å². The van der Waals surface area contributed by atoms with Gasteiger partial charge >= 0.3 is 0 Å². The van der Waals surface area contributed by atoms with Crippen LogP contribution in [0.5, 0.6) is 0 Å². The molecule has 1 aliphatic rings. The zero-order valence-electron chi connectivity index (χ0n) is 14.8. The first-order valence-electron chi connectivity index (χ1n) is 8.17. The molecule has 2 heterocycles. The minimum absolute atomic E-state index is 0.0735. The zero-order valence-corrected chi connectivity index (χ0v) is 16.5. The highest BCUT2D eigenvalue weighted by molar-refractivity contribution is 7.94. The molecule has 0 unspecified atom stereocenters. The highest BCUT2D eigenvalue weighted by Gasteiger charge is 2.37. The van der Waals surface area contributed by atoms with E-state index in [1.165, 1.54) is 12.1 Å². The van der Waals surface area contributed by atoms with E-state index in [2.05, 4.69) is 9.71 Å². The third-order valence-corrected chi connectivity index (χ3v) is 7.64. The summed E-state index contributed by atoms with van der Waals surface area (Å²) in [5.74, 6) is -0.752. The van der Waals surface area contributed by atoms with Gasteiger partial charge in [-0.05, 0) is 54.8 Å². The van der Waals surface area contributed by atoms with Crippen LogP contribution in [0.1, 0.15) is 23.1 Å². The van der Waals surface area contributed by atoms with Crippen molar-refractivity contribution in [3.05, 3.63) is 53.3 Å².